The Hall–Kier alpha value is -2.81. The zero-order valence-electron chi connectivity index (χ0n) is 14.6. The molecule has 0 aromatic heterocycles. The average molecular weight is 400 g/mol. The van der Waals surface area contributed by atoms with Gasteiger partial charge in [0.15, 0.2) is 0 Å². The maximum absolute atomic E-state index is 13.0. The second-order valence-corrected chi connectivity index (χ2v) is 7.07. The molecule has 1 N–H and O–H groups in total. The summed E-state index contributed by atoms with van der Waals surface area (Å²) in [4.78, 5) is 27.3. The summed E-state index contributed by atoms with van der Waals surface area (Å²) in [6.45, 7) is 3.74. The number of nitrogens with zero attached hydrogens (tertiary/aromatic N) is 2. The van der Waals surface area contributed by atoms with E-state index in [1.54, 1.807) is 29.2 Å². The standard InChI is InChI=1S/C20H15Cl2N3O2/c1-11(2)25-17-6-4-3-5-13(17)18(20(25)27)14(10-23)19(26)24-16-9-12(21)7-8-15(16)22/h3-9,11H,1-2H3,(H,24,26). The fourth-order valence-electron chi connectivity index (χ4n) is 2.99. The minimum atomic E-state index is -0.717. The number of hydrogen-bond donors (Lipinski definition) is 1. The maximum atomic E-state index is 13.0. The first-order chi connectivity index (χ1) is 12.8. The van der Waals surface area contributed by atoms with E-state index in [-0.39, 0.29) is 33.8 Å². The van der Waals surface area contributed by atoms with Crippen LogP contribution in [0.2, 0.25) is 10.0 Å². The molecule has 0 fully saturated rings. The molecule has 2 aromatic carbocycles. The Kier molecular flexibility index (Phi) is 5.22. The number of nitrogens with one attached hydrogen (secondary N) is 1. The predicted octanol–water partition coefficient (Wildman–Crippen LogP) is 4.66. The molecule has 3 rings (SSSR count). The van der Waals surface area contributed by atoms with E-state index in [0.717, 1.165) is 0 Å². The Balaban J connectivity index is 2.09. The van der Waals surface area contributed by atoms with Gasteiger partial charge in [0.05, 0.1) is 22.0 Å². The smallest absolute Gasteiger partial charge is 0.267 e. The van der Waals surface area contributed by atoms with Crippen molar-refractivity contribution in [2.24, 2.45) is 0 Å². The van der Waals surface area contributed by atoms with Crippen LogP contribution < -0.4 is 10.2 Å². The lowest BCUT2D eigenvalue weighted by atomic mass is 10.0. The number of halogens is 2. The van der Waals surface area contributed by atoms with Crippen LogP contribution in [0.5, 0.6) is 0 Å². The molecule has 0 spiro atoms. The highest BCUT2D eigenvalue weighted by atomic mass is 35.5. The van der Waals surface area contributed by atoms with Crippen molar-refractivity contribution in [3.63, 3.8) is 0 Å². The van der Waals surface area contributed by atoms with Gasteiger partial charge in [0, 0.05) is 16.6 Å². The van der Waals surface area contributed by atoms with Crippen LogP contribution in [0.3, 0.4) is 0 Å². The Labute approximate surface area is 166 Å². The number of para-hydroxylation sites is 1. The summed E-state index contributed by atoms with van der Waals surface area (Å²) in [7, 11) is 0. The average Bonchev–Trinajstić information content (AvgIpc) is 2.91. The fourth-order valence-corrected chi connectivity index (χ4v) is 3.33. The van der Waals surface area contributed by atoms with Crippen LogP contribution in [0.4, 0.5) is 11.4 Å². The van der Waals surface area contributed by atoms with Crippen LogP contribution >= 0.6 is 23.2 Å². The third kappa shape index (κ3) is 3.42. The Morgan fingerprint density at radius 1 is 1.19 bits per heavy atom. The van der Waals surface area contributed by atoms with Crippen molar-refractivity contribution in [2.45, 2.75) is 19.9 Å². The fraction of sp³-hybridized carbons (Fsp3) is 0.150. The van der Waals surface area contributed by atoms with E-state index < -0.39 is 5.91 Å². The minimum absolute atomic E-state index is 0.0810. The quantitative estimate of drug-likeness (QED) is 0.602. The molecule has 2 amide bonds. The molecule has 136 valence electrons. The zero-order valence-corrected chi connectivity index (χ0v) is 16.1. The third-order valence-corrected chi connectivity index (χ3v) is 4.71. The van der Waals surface area contributed by atoms with Gasteiger partial charge in [0.1, 0.15) is 11.6 Å². The maximum Gasteiger partial charge on any atom is 0.267 e. The van der Waals surface area contributed by atoms with E-state index in [2.05, 4.69) is 5.32 Å². The Bertz CT molecular complexity index is 1020. The number of amides is 2. The van der Waals surface area contributed by atoms with Crippen molar-refractivity contribution in [3.05, 3.63) is 63.6 Å². The van der Waals surface area contributed by atoms with Gasteiger partial charge in [-0.25, -0.2) is 0 Å². The molecule has 2 aromatic rings. The second-order valence-electron chi connectivity index (χ2n) is 6.23. The van der Waals surface area contributed by atoms with Crippen LogP contribution in [0.15, 0.2) is 48.0 Å². The highest BCUT2D eigenvalue weighted by molar-refractivity contribution is 6.39. The van der Waals surface area contributed by atoms with Crippen molar-refractivity contribution in [1.82, 2.24) is 0 Å². The number of hydrogen-bond acceptors (Lipinski definition) is 3. The summed E-state index contributed by atoms with van der Waals surface area (Å²) in [6.07, 6.45) is 0. The summed E-state index contributed by atoms with van der Waals surface area (Å²) < 4.78 is 0. The van der Waals surface area contributed by atoms with Gasteiger partial charge in [-0.1, -0.05) is 41.4 Å². The highest BCUT2D eigenvalue weighted by Crippen LogP contribution is 2.39. The van der Waals surface area contributed by atoms with E-state index >= 15 is 0 Å². The first-order valence-corrected chi connectivity index (χ1v) is 8.94. The molecule has 0 bridgehead atoms. The molecule has 1 heterocycles. The van der Waals surface area contributed by atoms with Crippen molar-refractivity contribution >= 4 is 52.0 Å². The monoisotopic (exact) mass is 399 g/mol. The SMILES string of the molecule is CC(C)N1C(=O)C(=C(C#N)C(=O)Nc2cc(Cl)ccc2Cl)c2ccccc21. The lowest BCUT2D eigenvalue weighted by Crippen LogP contribution is -2.33. The topological polar surface area (TPSA) is 73.2 Å². The predicted molar refractivity (Wildman–Crippen MR) is 107 cm³/mol. The lowest BCUT2D eigenvalue weighted by Gasteiger charge is -2.21. The molecule has 27 heavy (non-hydrogen) atoms. The summed E-state index contributed by atoms with van der Waals surface area (Å²) >= 11 is 12.0. The van der Waals surface area contributed by atoms with Gasteiger partial charge >= 0.3 is 0 Å². The molecule has 0 unspecified atom stereocenters. The van der Waals surface area contributed by atoms with Crippen LogP contribution in [0.1, 0.15) is 19.4 Å². The van der Waals surface area contributed by atoms with Gasteiger partial charge in [-0.3, -0.25) is 9.59 Å². The molecule has 0 radical (unpaired) electrons. The molecule has 1 aliphatic rings. The van der Waals surface area contributed by atoms with Gasteiger partial charge in [-0.15, -0.1) is 0 Å². The molecule has 0 saturated heterocycles. The lowest BCUT2D eigenvalue weighted by molar-refractivity contribution is -0.115. The number of rotatable bonds is 3. The highest BCUT2D eigenvalue weighted by Gasteiger charge is 2.37. The summed E-state index contributed by atoms with van der Waals surface area (Å²) in [6, 6.07) is 13.4. The first-order valence-electron chi connectivity index (χ1n) is 8.19. The van der Waals surface area contributed by atoms with Gasteiger partial charge in [-0.2, -0.15) is 5.26 Å². The molecule has 0 saturated carbocycles. The minimum Gasteiger partial charge on any atom is -0.320 e. The number of nitriles is 1. The van der Waals surface area contributed by atoms with Crippen LogP contribution in [-0.4, -0.2) is 17.9 Å². The molecule has 0 atom stereocenters. The normalized spacial score (nSPS) is 14.8. The van der Waals surface area contributed by atoms with Crippen molar-refractivity contribution in [3.8, 4) is 6.07 Å². The van der Waals surface area contributed by atoms with Crippen LogP contribution in [-0.2, 0) is 9.59 Å². The Morgan fingerprint density at radius 2 is 1.89 bits per heavy atom. The molecule has 7 heteroatoms. The van der Waals surface area contributed by atoms with Crippen molar-refractivity contribution in [2.75, 3.05) is 10.2 Å². The molecule has 0 aliphatic carbocycles. The van der Waals surface area contributed by atoms with Crippen LogP contribution in [0.25, 0.3) is 5.57 Å². The summed E-state index contributed by atoms with van der Waals surface area (Å²) in [5, 5.41) is 12.9. The van der Waals surface area contributed by atoms with Gasteiger partial charge in [0.25, 0.3) is 11.8 Å². The molecular weight excluding hydrogens is 385 g/mol. The molecule has 5 nitrogen and oxygen atoms in total. The molecule has 1 aliphatic heterocycles. The van der Waals surface area contributed by atoms with Gasteiger partial charge < -0.3 is 10.2 Å². The number of anilines is 2. The number of carbonyl (C=O) groups is 2. The van der Waals surface area contributed by atoms with Crippen LogP contribution in [0, 0.1) is 11.3 Å². The third-order valence-electron chi connectivity index (χ3n) is 4.15. The van der Waals surface area contributed by atoms with Crippen molar-refractivity contribution < 1.29 is 9.59 Å². The summed E-state index contributed by atoms with van der Waals surface area (Å²) in [5.74, 6) is -1.10. The van der Waals surface area contributed by atoms with Gasteiger partial charge in [-0.05, 0) is 38.1 Å². The number of benzene rings is 2. The zero-order chi connectivity index (χ0) is 19.7. The number of fused-ring (bicyclic) bond motifs is 1. The molecular formula is C20H15Cl2N3O2. The van der Waals surface area contributed by atoms with E-state index in [0.29, 0.717) is 16.3 Å². The van der Waals surface area contributed by atoms with E-state index in [9.17, 15) is 14.9 Å². The Morgan fingerprint density at radius 3 is 2.56 bits per heavy atom. The second kappa shape index (κ2) is 7.43. The largest absolute Gasteiger partial charge is 0.320 e. The van der Waals surface area contributed by atoms with E-state index in [1.807, 2.05) is 26.0 Å². The first kappa shape index (κ1) is 19.0. The van der Waals surface area contributed by atoms with E-state index in [1.165, 1.54) is 12.1 Å². The number of carbonyl (C=O) groups excluding carboxylic acids is 2. The van der Waals surface area contributed by atoms with Gasteiger partial charge in [0.2, 0.25) is 0 Å². The summed E-state index contributed by atoms with van der Waals surface area (Å²) in [5.41, 5.74) is 1.31. The van der Waals surface area contributed by atoms with Crippen molar-refractivity contribution in [1.29, 1.82) is 5.26 Å². The van der Waals surface area contributed by atoms with E-state index in [4.69, 9.17) is 23.2 Å².